The van der Waals surface area contributed by atoms with E-state index < -0.39 is 0 Å². The van der Waals surface area contributed by atoms with E-state index in [0.717, 1.165) is 56.3 Å². The summed E-state index contributed by atoms with van der Waals surface area (Å²) >= 11 is 0. The number of unbranched alkanes of at least 4 members (excludes halogenated alkanes) is 2. The number of H-pyrrole nitrogens is 1. The normalized spacial score (nSPS) is 16.1. The second-order valence-electron chi connectivity index (χ2n) is 7.67. The van der Waals surface area contributed by atoms with Gasteiger partial charge < -0.3 is 19.6 Å². The van der Waals surface area contributed by atoms with Gasteiger partial charge in [-0.25, -0.2) is 0 Å². The lowest BCUT2D eigenvalue weighted by atomic mass is 9.91. The first-order valence-electron chi connectivity index (χ1n) is 10.3. The minimum atomic E-state index is 0.0921. The highest BCUT2D eigenvalue weighted by Crippen LogP contribution is 2.36. The van der Waals surface area contributed by atoms with Crippen LogP contribution in [0.5, 0.6) is 5.75 Å². The van der Waals surface area contributed by atoms with E-state index in [1.165, 1.54) is 16.6 Å². The van der Waals surface area contributed by atoms with Crippen molar-refractivity contribution in [2.45, 2.75) is 57.5 Å². The number of hydrogen-bond donors (Lipinski definition) is 2. The van der Waals surface area contributed by atoms with E-state index >= 15 is 0 Å². The summed E-state index contributed by atoms with van der Waals surface area (Å²) < 4.78 is 7.57. The number of carbonyl (C=O) groups excluding carboxylic acids is 1. The van der Waals surface area contributed by atoms with Gasteiger partial charge in [-0.1, -0.05) is 6.42 Å². The Kier molecular flexibility index (Phi) is 5.70. The van der Waals surface area contributed by atoms with Crippen LogP contribution in [0, 0.1) is 0 Å². The Morgan fingerprint density at radius 2 is 2.11 bits per heavy atom. The van der Waals surface area contributed by atoms with Crippen LogP contribution in [0.2, 0.25) is 0 Å². The zero-order valence-electron chi connectivity index (χ0n) is 16.5. The molecule has 0 saturated heterocycles. The number of aromatic nitrogens is 2. The van der Waals surface area contributed by atoms with Gasteiger partial charge in [0.2, 0.25) is 5.91 Å². The Labute approximate surface area is 166 Å². The van der Waals surface area contributed by atoms with Gasteiger partial charge in [-0.15, -0.1) is 0 Å². The van der Waals surface area contributed by atoms with Gasteiger partial charge in [0.25, 0.3) is 0 Å². The van der Waals surface area contributed by atoms with Crippen molar-refractivity contribution in [2.24, 2.45) is 0 Å². The molecule has 0 bridgehead atoms. The van der Waals surface area contributed by atoms with E-state index in [9.17, 15) is 4.79 Å². The molecule has 0 radical (unpaired) electrons. The third kappa shape index (κ3) is 4.08. The standard InChI is InChI=1S/C23H29N3O2/c1-28-17-11-12-20-19(16-17)18-8-7-9-21(23(18)25-20)24-22(27)10-3-2-4-13-26-14-5-6-15-26/h5-6,11-12,14-16,21,25H,2-4,7-10,13H2,1H3,(H,24,27). The molecule has 1 aliphatic carbocycles. The van der Waals surface area contributed by atoms with E-state index in [4.69, 9.17) is 4.74 Å². The highest BCUT2D eigenvalue weighted by Gasteiger charge is 2.25. The number of nitrogens with zero attached hydrogens (tertiary/aromatic N) is 1. The summed E-state index contributed by atoms with van der Waals surface area (Å²) in [4.78, 5) is 16.0. The quantitative estimate of drug-likeness (QED) is 0.556. The predicted molar refractivity (Wildman–Crippen MR) is 112 cm³/mol. The lowest BCUT2D eigenvalue weighted by Gasteiger charge is -2.24. The summed E-state index contributed by atoms with van der Waals surface area (Å²) in [5, 5.41) is 4.48. The van der Waals surface area contributed by atoms with Gasteiger partial charge in [-0.05, 0) is 68.0 Å². The molecule has 5 heteroatoms. The first-order valence-corrected chi connectivity index (χ1v) is 10.3. The van der Waals surface area contributed by atoms with Crippen LogP contribution in [0.3, 0.4) is 0 Å². The highest BCUT2D eigenvalue weighted by atomic mass is 16.5. The molecule has 148 valence electrons. The maximum Gasteiger partial charge on any atom is 0.220 e. The maximum absolute atomic E-state index is 12.5. The number of aromatic amines is 1. The Morgan fingerprint density at radius 1 is 1.25 bits per heavy atom. The lowest BCUT2D eigenvalue weighted by Crippen LogP contribution is -2.30. The fourth-order valence-electron chi connectivity index (χ4n) is 4.26. The fraction of sp³-hybridized carbons (Fsp3) is 0.435. The van der Waals surface area contributed by atoms with Crippen LogP contribution in [0.15, 0.2) is 42.7 Å². The summed E-state index contributed by atoms with van der Waals surface area (Å²) in [6.45, 7) is 1.03. The molecule has 1 unspecified atom stereocenters. The summed E-state index contributed by atoms with van der Waals surface area (Å²) in [6, 6.07) is 10.3. The molecule has 3 aromatic rings. The molecule has 1 atom stereocenters. The third-order valence-electron chi connectivity index (χ3n) is 5.74. The van der Waals surface area contributed by atoms with E-state index in [1.54, 1.807) is 7.11 Å². The molecule has 5 nitrogen and oxygen atoms in total. The lowest BCUT2D eigenvalue weighted by molar-refractivity contribution is -0.122. The van der Waals surface area contributed by atoms with Crippen LogP contribution in [0.25, 0.3) is 10.9 Å². The predicted octanol–water partition coefficient (Wildman–Crippen LogP) is 4.73. The van der Waals surface area contributed by atoms with Crippen LogP contribution in [0.1, 0.15) is 55.8 Å². The summed E-state index contributed by atoms with van der Waals surface area (Å²) in [5.41, 5.74) is 3.63. The van der Waals surface area contributed by atoms with E-state index in [-0.39, 0.29) is 11.9 Å². The van der Waals surface area contributed by atoms with Gasteiger partial charge in [0.15, 0.2) is 0 Å². The van der Waals surface area contributed by atoms with Gasteiger partial charge in [-0.2, -0.15) is 0 Å². The minimum absolute atomic E-state index is 0.0921. The molecule has 0 spiro atoms. The molecular weight excluding hydrogens is 350 g/mol. The molecule has 2 aromatic heterocycles. The van der Waals surface area contributed by atoms with Gasteiger partial charge in [0.05, 0.1) is 13.2 Å². The molecule has 2 N–H and O–H groups in total. The third-order valence-corrected chi connectivity index (χ3v) is 5.74. The smallest absolute Gasteiger partial charge is 0.220 e. The number of fused-ring (bicyclic) bond motifs is 3. The molecule has 0 saturated carbocycles. The van der Waals surface area contributed by atoms with Crippen LogP contribution < -0.4 is 10.1 Å². The second-order valence-corrected chi connectivity index (χ2v) is 7.67. The summed E-state index contributed by atoms with van der Waals surface area (Å²) in [5.74, 6) is 1.04. The largest absolute Gasteiger partial charge is 0.497 e. The molecule has 1 aromatic carbocycles. The second kappa shape index (κ2) is 8.55. The van der Waals surface area contributed by atoms with Gasteiger partial charge in [-0.3, -0.25) is 4.79 Å². The van der Waals surface area contributed by atoms with Crippen molar-refractivity contribution >= 4 is 16.8 Å². The number of hydrogen-bond acceptors (Lipinski definition) is 2. The van der Waals surface area contributed by atoms with Crippen molar-refractivity contribution in [3.63, 3.8) is 0 Å². The van der Waals surface area contributed by atoms with Crippen molar-refractivity contribution in [3.05, 3.63) is 54.0 Å². The zero-order valence-corrected chi connectivity index (χ0v) is 16.5. The molecule has 28 heavy (non-hydrogen) atoms. The highest BCUT2D eigenvalue weighted by molar-refractivity contribution is 5.87. The summed E-state index contributed by atoms with van der Waals surface area (Å²) in [6.07, 6.45) is 11.0. The van der Waals surface area contributed by atoms with Crippen LogP contribution in [-0.4, -0.2) is 22.6 Å². The van der Waals surface area contributed by atoms with Gasteiger partial charge >= 0.3 is 0 Å². The summed E-state index contributed by atoms with van der Waals surface area (Å²) in [7, 11) is 1.70. The number of nitrogens with one attached hydrogen (secondary N) is 2. The maximum atomic E-state index is 12.5. The van der Waals surface area contributed by atoms with Gasteiger partial charge in [0.1, 0.15) is 5.75 Å². The monoisotopic (exact) mass is 379 g/mol. The molecule has 4 rings (SSSR count). The fourth-order valence-corrected chi connectivity index (χ4v) is 4.26. The number of benzene rings is 1. The molecule has 1 amide bonds. The Hall–Kier alpha value is -2.69. The van der Waals surface area contributed by atoms with Gasteiger partial charge in [0, 0.05) is 42.0 Å². The Balaban J connectivity index is 1.32. The van der Waals surface area contributed by atoms with Crippen molar-refractivity contribution in [2.75, 3.05) is 7.11 Å². The van der Waals surface area contributed by atoms with Crippen molar-refractivity contribution < 1.29 is 9.53 Å². The SMILES string of the molecule is COc1ccc2[nH]c3c(c2c1)CCCC3NC(=O)CCCCCn1cccc1. The molecular formula is C23H29N3O2. The number of carbonyl (C=O) groups is 1. The van der Waals surface area contributed by atoms with E-state index in [2.05, 4.69) is 39.4 Å². The molecule has 2 heterocycles. The van der Waals surface area contributed by atoms with E-state index in [1.807, 2.05) is 18.2 Å². The van der Waals surface area contributed by atoms with E-state index in [0.29, 0.717) is 6.42 Å². The topological polar surface area (TPSA) is 59.0 Å². The number of aryl methyl sites for hydroxylation is 2. The number of ether oxygens (including phenoxy) is 1. The molecule has 1 aliphatic rings. The average Bonchev–Trinajstić information content (AvgIpc) is 3.35. The van der Waals surface area contributed by atoms with Crippen LogP contribution in [0.4, 0.5) is 0 Å². The Morgan fingerprint density at radius 3 is 2.93 bits per heavy atom. The molecule has 0 aliphatic heterocycles. The van der Waals surface area contributed by atoms with Crippen molar-refractivity contribution in [1.82, 2.24) is 14.9 Å². The first kappa shape index (κ1) is 18.7. The Bertz CT molecular complexity index is 927. The zero-order chi connectivity index (χ0) is 19.3. The van der Waals surface area contributed by atoms with Crippen molar-refractivity contribution in [1.29, 1.82) is 0 Å². The average molecular weight is 380 g/mol. The number of rotatable bonds is 8. The van der Waals surface area contributed by atoms with Crippen LogP contribution in [-0.2, 0) is 17.8 Å². The molecule has 0 fully saturated rings. The first-order chi connectivity index (χ1) is 13.7. The number of amides is 1. The minimum Gasteiger partial charge on any atom is -0.497 e. The van der Waals surface area contributed by atoms with Crippen molar-refractivity contribution in [3.8, 4) is 5.75 Å². The van der Waals surface area contributed by atoms with Crippen LogP contribution >= 0.6 is 0 Å². The number of methoxy groups -OCH3 is 1.